The van der Waals surface area contributed by atoms with Gasteiger partial charge in [-0.1, -0.05) is 12.8 Å². The van der Waals surface area contributed by atoms with E-state index in [0.717, 1.165) is 31.4 Å². The first kappa shape index (κ1) is 16.4. The maximum atomic E-state index is 13.2. The summed E-state index contributed by atoms with van der Waals surface area (Å²) in [5, 5.41) is 0. The Balaban J connectivity index is 1.99. The third kappa shape index (κ3) is 3.09. The van der Waals surface area contributed by atoms with E-state index < -0.39 is 0 Å². The van der Waals surface area contributed by atoms with Crippen LogP contribution in [0.4, 0.5) is 0 Å². The molecule has 1 saturated heterocycles. The van der Waals surface area contributed by atoms with E-state index in [1.54, 1.807) is 0 Å². The summed E-state index contributed by atoms with van der Waals surface area (Å²) in [6.45, 7) is 0.705. The number of nitrogens with one attached hydrogen (secondary N) is 1. The minimum absolute atomic E-state index is 0.0386. The number of nitrogens with zero attached hydrogens (tertiary/aromatic N) is 2. The monoisotopic (exact) mass is 329 g/mol. The molecular weight excluding hydrogens is 306 g/mol. The molecular formula is C18H23N3O3. The van der Waals surface area contributed by atoms with Gasteiger partial charge in [0, 0.05) is 37.7 Å². The van der Waals surface area contributed by atoms with Crippen molar-refractivity contribution in [2.24, 2.45) is 7.05 Å². The van der Waals surface area contributed by atoms with Crippen LogP contribution in [0.3, 0.4) is 0 Å². The zero-order chi connectivity index (χ0) is 17.1. The lowest BCUT2D eigenvalue weighted by Crippen LogP contribution is -2.36. The lowest BCUT2D eigenvalue weighted by atomic mass is 10.1. The first-order chi connectivity index (χ1) is 11.6. The van der Waals surface area contributed by atoms with Gasteiger partial charge in [0.05, 0.1) is 18.7 Å². The van der Waals surface area contributed by atoms with Gasteiger partial charge in [-0.15, -0.1) is 0 Å². The van der Waals surface area contributed by atoms with Crippen LogP contribution >= 0.6 is 0 Å². The van der Waals surface area contributed by atoms with Crippen LogP contribution < -0.4 is 10.3 Å². The quantitative estimate of drug-likeness (QED) is 0.941. The number of amides is 1. The number of methoxy groups -OCH3 is 1. The van der Waals surface area contributed by atoms with Crippen molar-refractivity contribution in [3.8, 4) is 5.75 Å². The van der Waals surface area contributed by atoms with Crippen LogP contribution in [0.5, 0.6) is 5.75 Å². The molecule has 1 aliphatic rings. The number of carbonyl (C=O) groups excluding carboxylic acids is 1. The topological polar surface area (TPSA) is 67.3 Å². The number of H-pyrrole nitrogens is 1. The predicted molar refractivity (Wildman–Crippen MR) is 91.3 cm³/mol. The second kappa shape index (κ2) is 6.95. The van der Waals surface area contributed by atoms with Crippen LogP contribution in [0, 0.1) is 0 Å². The first-order valence-corrected chi connectivity index (χ1v) is 8.30. The van der Waals surface area contributed by atoms with Gasteiger partial charge in [0.2, 0.25) is 0 Å². The van der Waals surface area contributed by atoms with Crippen molar-refractivity contribution in [3.63, 3.8) is 0 Å². The number of pyridine rings is 1. The van der Waals surface area contributed by atoms with Crippen LogP contribution in [-0.2, 0) is 7.05 Å². The van der Waals surface area contributed by atoms with Crippen molar-refractivity contribution in [2.45, 2.75) is 31.7 Å². The minimum atomic E-state index is -0.279. The van der Waals surface area contributed by atoms with Gasteiger partial charge in [-0.25, -0.2) is 0 Å². The molecule has 1 amide bonds. The molecule has 0 aromatic carbocycles. The summed E-state index contributed by atoms with van der Waals surface area (Å²) in [4.78, 5) is 29.2. The molecule has 1 N–H and O–H groups in total. The molecule has 0 spiro atoms. The highest BCUT2D eigenvalue weighted by atomic mass is 16.5. The molecule has 1 atom stereocenters. The van der Waals surface area contributed by atoms with Crippen LogP contribution in [0.2, 0.25) is 0 Å². The lowest BCUT2D eigenvalue weighted by Gasteiger charge is -2.31. The number of carbonyl (C=O) groups is 1. The number of ether oxygens (including phenoxy) is 1. The third-order valence-corrected chi connectivity index (χ3v) is 4.68. The van der Waals surface area contributed by atoms with E-state index in [0.29, 0.717) is 17.9 Å². The van der Waals surface area contributed by atoms with E-state index >= 15 is 0 Å². The highest BCUT2D eigenvalue weighted by Crippen LogP contribution is 2.32. The number of hydrogen-bond acceptors (Lipinski definition) is 3. The molecule has 2 aromatic heterocycles. The number of aromatic nitrogens is 2. The first-order valence-electron chi connectivity index (χ1n) is 8.30. The van der Waals surface area contributed by atoms with Crippen LogP contribution in [0.25, 0.3) is 0 Å². The molecule has 0 aliphatic carbocycles. The number of aromatic amines is 1. The van der Waals surface area contributed by atoms with E-state index in [1.807, 2.05) is 24.2 Å². The number of rotatable bonds is 3. The van der Waals surface area contributed by atoms with Gasteiger partial charge in [0.15, 0.2) is 0 Å². The van der Waals surface area contributed by atoms with Gasteiger partial charge in [-0.05, 0) is 25.0 Å². The average molecular weight is 329 g/mol. The summed E-state index contributed by atoms with van der Waals surface area (Å²) in [6, 6.07) is 5.43. The Morgan fingerprint density at radius 1 is 1.33 bits per heavy atom. The molecule has 1 fully saturated rings. The number of aryl methyl sites for hydroxylation is 1. The summed E-state index contributed by atoms with van der Waals surface area (Å²) in [7, 11) is 3.48. The highest BCUT2D eigenvalue weighted by Gasteiger charge is 2.30. The standard InChI is InChI=1S/C18H23N3O3/c1-20-9-6-8-14(20)15-7-4-3-5-10-21(15)18(23)13-12-19-17(22)11-16(13)24-2/h6,8-9,11-12,15H,3-5,7,10H2,1-2H3,(H,19,22). The maximum absolute atomic E-state index is 13.2. The maximum Gasteiger partial charge on any atom is 0.259 e. The van der Waals surface area contributed by atoms with E-state index in [1.165, 1.54) is 19.4 Å². The van der Waals surface area contributed by atoms with E-state index in [2.05, 4.69) is 15.6 Å². The van der Waals surface area contributed by atoms with Gasteiger partial charge in [-0.3, -0.25) is 9.59 Å². The Bertz CT molecular complexity index is 778. The van der Waals surface area contributed by atoms with Gasteiger partial charge in [0.25, 0.3) is 11.5 Å². The Morgan fingerprint density at radius 2 is 2.17 bits per heavy atom. The molecule has 6 nitrogen and oxygen atoms in total. The number of likely N-dealkylation sites (tertiary alicyclic amines) is 1. The van der Waals surface area contributed by atoms with Gasteiger partial charge < -0.3 is 19.2 Å². The van der Waals surface area contributed by atoms with Crippen LogP contribution in [-0.4, -0.2) is 34.0 Å². The van der Waals surface area contributed by atoms with Crippen molar-refractivity contribution < 1.29 is 9.53 Å². The second-order valence-electron chi connectivity index (χ2n) is 6.19. The smallest absolute Gasteiger partial charge is 0.259 e. The summed E-state index contributed by atoms with van der Waals surface area (Å²) < 4.78 is 7.32. The summed E-state index contributed by atoms with van der Waals surface area (Å²) in [5.74, 6) is 0.217. The molecule has 128 valence electrons. The molecule has 1 unspecified atom stereocenters. The number of hydrogen-bond donors (Lipinski definition) is 1. The third-order valence-electron chi connectivity index (χ3n) is 4.68. The van der Waals surface area contributed by atoms with Gasteiger partial charge >= 0.3 is 0 Å². The summed E-state index contributed by atoms with van der Waals surface area (Å²) in [5.41, 5.74) is 1.25. The van der Waals surface area contributed by atoms with Crippen LogP contribution in [0.15, 0.2) is 35.4 Å². The van der Waals surface area contributed by atoms with Crippen molar-refractivity contribution in [1.82, 2.24) is 14.5 Å². The fourth-order valence-corrected chi connectivity index (χ4v) is 3.42. The van der Waals surface area contributed by atoms with Crippen molar-refractivity contribution in [2.75, 3.05) is 13.7 Å². The molecule has 6 heteroatoms. The van der Waals surface area contributed by atoms with Crippen molar-refractivity contribution in [3.05, 3.63) is 52.2 Å². The molecule has 0 bridgehead atoms. The molecule has 2 aromatic rings. The van der Waals surface area contributed by atoms with Crippen molar-refractivity contribution >= 4 is 5.91 Å². The normalized spacial score (nSPS) is 18.2. The summed E-state index contributed by atoms with van der Waals surface area (Å²) in [6.07, 6.45) is 7.60. The van der Waals surface area contributed by atoms with E-state index in [4.69, 9.17) is 4.74 Å². The van der Waals surface area contributed by atoms with Gasteiger partial charge in [0.1, 0.15) is 5.75 Å². The van der Waals surface area contributed by atoms with Gasteiger partial charge in [-0.2, -0.15) is 0 Å². The largest absolute Gasteiger partial charge is 0.496 e. The summed E-state index contributed by atoms with van der Waals surface area (Å²) >= 11 is 0. The molecule has 3 heterocycles. The second-order valence-corrected chi connectivity index (χ2v) is 6.19. The predicted octanol–water partition coefficient (Wildman–Crippen LogP) is 2.48. The zero-order valence-electron chi connectivity index (χ0n) is 14.1. The Morgan fingerprint density at radius 3 is 2.88 bits per heavy atom. The zero-order valence-corrected chi connectivity index (χ0v) is 14.1. The molecule has 1 aliphatic heterocycles. The van der Waals surface area contributed by atoms with E-state index in [-0.39, 0.29) is 17.5 Å². The minimum Gasteiger partial charge on any atom is -0.496 e. The molecule has 0 radical (unpaired) electrons. The molecule has 0 saturated carbocycles. The molecule has 24 heavy (non-hydrogen) atoms. The highest BCUT2D eigenvalue weighted by molar-refractivity contribution is 5.96. The molecule has 3 rings (SSSR count). The fraction of sp³-hybridized carbons (Fsp3) is 0.444. The Kier molecular flexibility index (Phi) is 4.74. The Hall–Kier alpha value is -2.50. The SMILES string of the molecule is COc1cc(=O)[nH]cc1C(=O)N1CCCCCC1c1cccn1C. The fourth-order valence-electron chi connectivity index (χ4n) is 3.42. The Labute approximate surface area is 141 Å². The lowest BCUT2D eigenvalue weighted by molar-refractivity contribution is 0.0670. The van der Waals surface area contributed by atoms with E-state index in [9.17, 15) is 9.59 Å². The van der Waals surface area contributed by atoms with Crippen LogP contribution in [0.1, 0.15) is 47.8 Å². The van der Waals surface area contributed by atoms with Crippen molar-refractivity contribution in [1.29, 1.82) is 0 Å². The average Bonchev–Trinajstić information content (AvgIpc) is 2.86.